The van der Waals surface area contributed by atoms with Gasteiger partial charge in [0, 0.05) is 27.9 Å². The summed E-state index contributed by atoms with van der Waals surface area (Å²) in [7, 11) is 2.57. The summed E-state index contributed by atoms with van der Waals surface area (Å²) in [6.07, 6.45) is 6.63. The van der Waals surface area contributed by atoms with E-state index in [0.29, 0.717) is 12.8 Å². The zero-order chi connectivity index (χ0) is 26.7. The Balaban J connectivity index is 1.96. The number of esters is 3. The van der Waals surface area contributed by atoms with Gasteiger partial charge in [-0.2, -0.15) is 0 Å². The van der Waals surface area contributed by atoms with Crippen molar-refractivity contribution in [3.05, 3.63) is 47.5 Å². The molecule has 194 valence electrons. The number of methoxy groups -OCH3 is 2. The summed E-state index contributed by atoms with van der Waals surface area (Å²) in [5.74, 6) is -2.52. The minimum absolute atomic E-state index is 0.163. The van der Waals surface area contributed by atoms with Crippen molar-refractivity contribution in [3.8, 4) is 0 Å². The molecule has 0 amide bonds. The van der Waals surface area contributed by atoms with Crippen molar-refractivity contribution in [2.75, 3.05) is 14.2 Å². The summed E-state index contributed by atoms with van der Waals surface area (Å²) in [5.41, 5.74) is -1.63. The molecule has 4 rings (SSSR count). The van der Waals surface area contributed by atoms with Crippen LogP contribution < -0.4 is 0 Å². The number of hydrogen-bond acceptors (Lipinski definition) is 8. The van der Waals surface area contributed by atoms with Gasteiger partial charge in [0.1, 0.15) is 6.10 Å². The van der Waals surface area contributed by atoms with Crippen LogP contribution in [0.1, 0.15) is 65.5 Å². The van der Waals surface area contributed by atoms with Gasteiger partial charge >= 0.3 is 17.9 Å². The first-order valence-corrected chi connectivity index (χ1v) is 12.1. The monoisotopic (exact) mass is 498 g/mol. The zero-order valence-corrected chi connectivity index (χ0v) is 21.9. The third kappa shape index (κ3) is 3.26. The molecule has 1 aromatic rings. The van der Waals surface area contributed by atoms with Crippen LogP contribution in [0, 0.1) is 27.6 Å². The van der Waals surface area contributed by atoms with E-state index in [1.54, 1.807) is 32.3 Å². The van der Waals surface area contributed by atoms with Crippen molar-refractivity contribution < 1.29 is 37.8 Å². The van der Waals surface area contributed by atoms with E-state index in [1.165, 1.54) is 26.6 Å². The summed E-state index contributed by atoms with van der Waals surface area (Å²) < 4.78 is 21.2. The Morgan fingerprint density at radius 1 is 1.14 bits per heavy atom. The first-order valence-electron chi connectivity index (χ1n) is 12.1. The number of furan rings is 1. The molecule has 0 bridgehead atoms. The molecule has 2 heterocycles. The maximum absolute atomic E-state index is 14.0. The Morgan fingerprint density at radius 2 is 1.83 bits per heavy atom. The smallest absolute Gasteiger partial charge is 0.331 e. The van der Waals surface area contributed by atoms with Crippen LogP contribution in [0.3, 0.4) is 0 Å². The van der Waals surface area contributed by atoms with E-state index in [4.69, 9.17) is 18.6 Å². The van der Waals surface area contributed by atoms with Gasteiger partial charge in [0.25, 0.3) is 0 Å². The van der Waals surface area contributed by atoms with Crippen molar-refractivity contribution in [2.24, 2.45) is 27.6 Å². The van der Waals surface area contributed by atoms with Gasteiger partial charge in [-0.15, -0.1) is 0 Å². The van der Waals surface area contributed by atoms with Gasteiger partial charge in [-0.3, -0.25) is 14.4 Å². The van der Waals surface area contributed by atoms with Gasteiger partial charge in [0.2, 0.25) is 0 Å². The normalized spacial score (nSPS) is 32.5. The molecule has 2 aliphatic carbocycles. The molecule has 1 aliphatic heterocycles. The van der Waals surface area contributed by atoms with Crippen molar-refractivity contribution in [3.63, 3.8) is 0 Å². The van der Waals surface area contributed by atoms with E-state index in [0.717, 1.165) is 16.7 Å². The Kier molecular flexibility index (Phi) is 6.09. The number of ether oxygens (including phenoxy) is 3. The first kappa shape index (κ1) is 25.9. The SMILES string of the molecule is COC(=O)C[C@H](C(C)(C)C(=O)OC)C1(C)C(=O)C=C(C)[C@@]12CC[C@]1(C)C2=CC(=O)O[C@H]1c1ccoc1. The molecular weight excluding hydrogens is 464 g/mol. The lowest BCUT2D eigenvalue weighted by molar-refractivity contribution is -0.165. The second-order valence-corrected chi connectivity index (χ2v) is 11.2. The van der Waals surface area contributed by atoms with Crippen LogP contribution in [0.5, 0.6) is 0 Å². The molecule has 1 aromatic heterocycles. The number of allylic oxidation sites excluding steroid dienone is 2. The maximum atomic E-state index is 14.0. The summed E-state index contributed by atoms with van der Waals surface area (Å²) in [6.45, 7) is 9.13. The van der Waals surface area contributed by atoms with E-state index < -0.39 is 51.6 Å². The maximum Gasteiger partial charge on any atom is 0.331 e. The molecule has 5 atom stereocenters. The lowest BCUT2D eigenvalue weighted by Crippen LogP contribution is -2.55. The van der Waals surface area contributed by atoms with E-state index in [-0.39, 0.29) is 12.2 Å². The van der Waals surface area contributed by atoms with Crippen molar-refractivity contribution in [2.45, 2.75) is 60.0 Å². The average molecular weight is 499 g/mol. The Hall–Kier alpha value is -3.16. The van der Waals surface area contributed by atoms with E-state index in [1.807, 2.05) is 20.8 Å². The molecule has 3 aliphatic rings. The summed E-state index contributed by atoms with van der Waals surface area (Å²) in [6, 6.07) is 1.78. The van der Waals surface area contributed by atoms with Gasteiger partial charge in [0.05, 0.1) is 38.6 Å². The van der Waals surface area contributed by atoms with E-state index in [2.05, 4.69) is 0 Å². The summed E-state index contributed by atoms with van der Waals surface area (Å²) in [5, 5.41) is 0. The highest BCUT2D eigenvalue weighted by Gasteiger charge is 2.71. The molecule has 0 N–H and O–H groups in total. The Morgan fingerprint density at radius 3 is 2.42 bits per heavy atom. The molecule has 1 fully saturated rings. The average Bonchev–Trinajstić information content (AvgIpc) is 3.51. The Bertz CT molecular complexity index is 1170. The van der Waals surface area contributed by atoms with Gasteiger partial charge < -0.3 is 18.6 Å². The van der Waals surface area contributed by atoms with Crippen molar-refractivity contribution >= 4 is 23.7 Å². The predicted molar refractivity (Wildman–Crippen MR) is 128 cm³/mol. The first-order chi connectivity index (χ1) is 16.8. The summed E-state index contributed by atoms with van der Waals surface area (Å²) >= 11 is 0. The third-order valence-corrected chi connectivity index (χ3v) is 9.31. The highest BCUT2D eigenvalue weighted by atomic mass is 16.5. The lowest BCUT2D eigenvalue weighted by atomic mass is 9.48. The number of ketones is 1. The van der Waals surface area contributed by atoms with E-state index in [9.17, 15) is 19.2 Å². The standard InChI is InChI=1S/C28H34O8/c1-16-12-20(29)27(5,18(13-21(30)33-6)25(2,3)24(32)34-7)28(16)10-9-26(4)19(28)14-22(31)36-23(26)17-8-11-35-15-17/h8,11-12,14-15,18,23H,9-10,13H2,1-7H3/t18-,23+,26-,27?,28-/m1/s1. The van der Waals surface area contributed by atoms with Crippen LogP contribution in [0.15, 0.2) is 46.3 Å². The van der Waals surface area contributed by atoms with Crippen LogP contribution >= 0.6 is 0 Å². The van der Waals surface area contributed by atoms with Crippen molar-refractivity contribution in [1.82, 2.24) is 0 Å². The molecule has 1 unspecified atom stereocenters. The highest BCUT2D eigenvalue weighted by Crippen LogP contribution is 2.74. The zero-order valence-electron chi connectivity index (χ0n) is 21.9. The van der Waals surface area contributed by atoms with Gasteiger partial charge in [-0.25, -0.2) is 4.79 Å². The topological polar surface area (TPSA) is 109 Å². The highest BCUT2D eigenvalue weighted by molar-refractivity contribution is 6.02. The van der Waals surface area contributed by atoms with E-state index >= 15 is 0 Å². The summed E-state index contributed by atoms with van der Waals surface area (Å²) in [4.78, 5) is 52.6. The molecule has 1 spiro atoms. The molecule has 8 nitrogen and oxygen atoms in total. The van der Waals surface area contributed by atoms with Gasteiger partial charge in [-0.05, 0) is 57.2 Å². The molecule has 8 heteroatoms. The fourth-order valence-electron chi connectivity index (χ4n) is 7.37. The third-order valence-electron chi connectivity index (χ3n) is 9.31. The molecule has 0 radical (unpaired) electrons. The number of rotatable bonds is 6. The second kappa shape index (κ2) is 8.46. The predicted octanol–water partition coefficient (Wildman–Crippen LogP) is 4.50. The van der Waals surface area contributed by atoms with Crippen LogP contribution in [-0.4, -0.2) is 37.9 Å². The van der Waals surface area contributed by atoms with Crippen LogP contribution in [0.25, 0.3) is 0 Å². The number of cyclic esters (lactones) is 1. The molecular formula is C28H34O8. The van der Waals surface area contributed by atoms with Crippen LogP contribution in [0.4, 0.5) is 0 Å². The number of carbonyl (C=O) groups is 4. The quantitative estimate of drug-likeness (QED) is 0.416. The fraction of sp³-hybridized carbons (Fsp3) is 0.571. The lowest BCUT2D eigenvalue weighted by Gasteiger charge is -2.53. The largest absolute Gasteiger partial charge is 0.472 e. The Labute approximate surface area is 211 Å². The molecule has 0 aromatic carbocycles. The van der Waals surface area contributed by atoms with Crippen LogP contribution in [-0.2, 0) is 33.4 Å². The van der Waals surface area contributed by atoms with Gasteiger partial charge in [0.15, 0.2) is 5.78 Å². The number of fused-ring (bicyclic) bond motifs is 2. The fourth-order valence-corrected chi connectivity index (χ4v) is 7.37. The molecule has 36 heavy (non-hydrogen) atoms. The molecule has 1 saturated carbocycles. The number of carbonyl (C=O) groups excluding carboxylic acids is 4. The van der Waals surface area contributed by atoms with Crippen molar-refractivity contribution in [1.29, 1.82) is 0 Å². The van der Waals surface area contributed by atoms with Gasteiger partial charge in [-0.1, -0.05) is 19.4 Å². The minimum Gasteiger partial charge on any atom is -0.472 e. The second-order valence-electron chi connectivity index (χ2n) is 11.2. The minimum atomic E-state index is -1.23. The molecule has 0 saturated heterocycles. The van der Waals surface area contributed by atoms with Crippen LogP contribution in [0.2, 0.25) is 0 Å². The number of hydrogen-bond donors (Lipinski definition) is 0.